The molecule has 6 nitrogen and oxygen atoms in total. The Balaban J connectivity index is 1.63. The Hall–Kier alpha value is -3.54. The van der Waals surface area contributed by atoms with Crippen molar-refractivity contribution in [1.82, 2.24) is 9.99 Å². The molecule has 1 heterocycles. The zero-order chi connectivity index (χ0) is 18.4. The highest BCUT2D eigenvalue weighted by Gasteiger charge is 2.05. The lowest BCUT2D eigenvalue weighted by atomic mass is 10.2. The number of phenols is 1. The number of hydrogen-bond donors (Lipinski definition) is 2. The molecule has 0 radical (unpaired) electrons. The van der Waals surface area contributed by atoms with Crippen molar-refractivity contribution < 1.29 is 14.6 Å². The van der Waals surface area contributed by atoms with Gasteiger partial charge in [-0.1, -0.05) is 0 Å². The van der Waals surface area contributed by atoms with Gasteiger partial charge in [-0.25, -0.2) is 5.43 Å². The molecular weight excluding hydrogens is 330 g/mol. The zero-order valence-electron chi connectivity index (χ0n) is 14.3. The highest BCUT2D eigenvalue weighted by Crippen LogP contribution is 2.26. The SMILES string of the molecule is CCOc1cc(/C=N/NC(=O)c2ccc(-n3cccc3)cc2)ccc1O. The second-order valence-corrected chi connectivity index (χ2v) is 5.50. The number of phenolic OH excluding ortho intramolecular Hbond substituents is 1. The summed E-state index contributed by atoms with van der Waals surface area (Å²) < 4.78 is 7.27. The number of rotatable bonds is 6. The molecule has 1 amide bonds. The van der Waals surface area contributed by atoms with E-state index in [0.29, 0.717) is 23.5 Å². The largest absolute Gasteiger partial charge is 0.504 e. The lowest BCUT2D eigenvalue weighted by Gasteiger charge is -2.06. The summed E-state index contributed by atoms with van der Waals surface area (Å²) in [4.78, 5) is 12.2. The van der Waals surface area contributed by atoms with Crippen LogP contribution in [0.4, 0.5) is 0 Å². The summed E-state index contributed by atoms with van der Waals surface area (Å²) in [7, 11) is 0. The Labute approximate surface area is 151 Å². The number of nitrogens with one attached hydrogen (secondary N) is 1. The molecule has 3 aromatic rings. The van der Waals surface area contributed by atoms with Gasteiger partial charge in [-0.3, -0.25) is 4.79 Å². The van der Waals surface area contributed by atoms with Crippen molar-refractivity contribution in [2.45, 2.75) is 6.92 Å². The lowest BCUT2D eigenvalue weighted by Crippen LogP contribution is -2.17. The molecule has 0 aliphatic rings. The van der Waals surface area contributed by atoms with E-state index >= 15 is 0 Å². The maximum Gasteiger partial charge on any atom is 0.271 e. The summed E-state index contributed by atoms with van der Waals surface area (Å²) in [5, 5.41) is 13.6. The molecule has 2 aromatic carbocycles. The number of aromatic nitrogens is 1. The van der Waals surface area contributed by atoms with Crippen LogP contribution in [0.1, 0.15) is 22.8 Å². The average molecular weight is 349 g/mol. The van der Waals surface area contributed by atoms with Gasteiger partial charge in [0.2, 0.25) is 0 Å². The Morgan fingerprint density at radius 3 is 2.62 bits per heavy atom. The third-order valence-corrected chi connectivity index (χ3v) is 3.70. The third kappa shape index (κ3) is 4.10. The maximum absolute atomic E-state index is 12.2. The summed E-state index contributed by atoms with van der Waals surface area (Å²) in [5.41, 5.74) is 4.68. The van der Waals surface area contributed by atoms with Crippen LogP contribution in [0.2, 0.25) is 0 Å². The first kappa shape index (κ1) is 17.3. The molecule has 0 atom stereocenters. The fourth-order valence-electron chi connectivity index (χ4n) is 2.40. The average Bonchev–Trinajstić information content (AvgIpc) is 3.19. The van der Waals surface area contributed by atoms with Crippen molar-refractivity contribution in [1.29, 1.82) is 0 Å². The number of amides is 1. The van der Waals surface area contributed by atoms with Crippen LogP contribution < -0.4 is 10.2 Å². The summed E-state index contributed by atoms with van der Waals surface area (Å²) in [6.07, 6.45) is 5.37. The van der Waals surface area contributed by atoms with Crippen molar-refractivity contribution in [3.63, 3.8) is 0 Å². The number of aromatic hydroxyl groups is 1. The first-order valence-corrected chi connectivity index (χ1v) is 8.20. The Bertz CT molecular complexity index is 901. The van der Waals surface area contributed by atoms with Crippen molar-refractivity contribution in [2.24, 2.45) is 5.10 Å². The van der Waals surface area contributed by atoms with E-state index in [1.165, 1.54) is 12.3 Å². The number of ether oxygens (including phenoxy) is 1. The van der Waals surface area contributed by atoms with Crippen LogP contribution in [0, 0.1) is 0 Å². The van der Waals surface area contributed by atoms with E-state index < -0.39 is 0 Å². The monoisotopic (exact) mass is 349 g/mol. The predicted octanol–water partition coefficient (Wildman–Crippen LogP) is 3.35. The van der Waals surface area contributed by atoms with Crippen LogP contribution in [0.5, 0.6) is 11.5 Å². The van der Waals surface area contributed by atoms with Gasteiger partial charge in [-0.2, -0.15) is 5.10 Å². The van der Waals surface area contributed by atoms with Crippen LogP contribution in [0.25, 0.3) is 5.69 Å². The highest BCUT2D eigenvalue weighted by molar-refractivity contribution is 5.95. The Kier molecular flexibility index (Phi) is 5.34. The van der Waals surface area contributed by atoms with Crippen molar-refractivity contribution in [2.75, 3.05) is 6.61 Å². The molecule has 0 spiro atoms. The van der Waals surface area contributed by atoms with E-state index in [0.717, 1.165) is 5.69 Å². The quantitative estimate of drug-likeness (QED) is 0.529. The second kappa shape index (κ2) is 8.02. The van der Waals surface area contributed by atoms with Gasteiger partial charge in [0.1, 0.15) is 0 Å². The molecule has 0 unspecified atom stereocenters. The minimum absolute atomic E-state index is 0.0656. The molecule has 0 saturated carbocycles. The molecule has 132 valence electrons. The van der Waals surface area contributed by atoms with Gasteiger partial charge in [0, 0.05) is 23.6 Å². The predicted molar refractivity (Wildman–Crippen MR) is 100 cm³/mol. The van der Waals surface area contributed by atoms with Crippen LogP contribution in [-0.2, 0) is 0 Å². The number of benzene rings is 2. The molecule has 2 N–H and O–H groups in total. The Morgan fingerprint density at radius 2 is 1.92 bits per heavy atom. The highest BCUT2D eigenvalue weighted by atomic mass is 16.5. The van der Waals surface area contributed by atoms with E-state index in [2.05, 4.69) is 10.5 Å². The van der Waals surface area contributed by atoms with Crippen LogP contribution in [0.3, 0.4) is 0 Å². The molecule has 0 bridgehead atoms. The normalized spacial score (nSPS) is 10.8. The van der Waals surface area contributed by atoms with E-state index in [1.807, 2.05) is 48.1 Å². The number of hydrazone groups is 1. The van der Waals surface area contributed by atoms with Crippen molar-refractivity contribution in [3.8, 4) is 17.2 Å². The van der Waals surface area contributed by atoms with Crippen LogP contribution in [0.15, 0.2) is 72.1 Å². The molecule has 0 aliphatic heterocycles. The van der Waals surface area contributed by atoms with Gasteiger partial charge in [-0.05, 0) is 67.1 Å². The molecule has 0 saturated heterocycles. The fraction of sp³-hybridized carbons (Fsp3) is 0.100. The van der Waals surface area contributed by atoms with Crippen LogP contribution >= 0.6 is 0 Å². The standard InChI is InChI=1S/C20H19N3O3/c1-2-26-19-13-15(5-10-18(19)24)14-21-22-20(25)16-6-8-17(9-7-16)23-11-3-4-12-23/h3-14,24H,2H2,1H3,(H,22,25)/b21-14+. The number of carbonyl (C=O) groups excluding carboxylic acids is 1. The van der Waals surface area contributed by atoms with Crippen molar-refractivity contribution in [3.05, 3.63) is 78.1 Å². The number of hydrogen-bond acceptors (Lipinski definition) is 4. The smallest absolute Gasteiger partial charge is 0.271 e. The topological polar surface area (TPSA) is 75.8 Å². The van der Waals surface area contributed by atoms with E-state index in [1.54, 1.807) is 24.3 Å². The van der Waals surface area contributed by atoms with E-state index in [-0.39, 0.29) is 11.7 Å². The van der Waals surface area contributed by atoms with Gasteiger partial charge in [-0.15, -0.1) is 0 Å². The summed E-state index contributed by atoms with van der Waals surface area (Å²) in [6.45, 7) is 2.28. The zero-order valence-corrected chi connectivity index (χ0v) is 14.3. The Morgan fingerprint density at radius 1 is 1.19 bits per heavy atom. The molecular formula is C20H19N3O3. The van der Waals surface area contributed by atoms with Gasteiger partial charge in [0.05, 0.1) is 12.8 Å². The molecule has 3 rings (SSSR count). The van der Waals surface area contributed by atoms with Gasteiger partial charge < -0.3 is 14.4 Å². The minimum atomic E-state index is -0.302. The van der Waals surface area contributed by atoms with E-state index in [4.69, 9.17) is 4.74 Å². The first-order valence-electron chi connectivity index (χ1n) is 8.20. The van der Waals surface area contributed by atoms with Gasteiger partial charge >= 0.3 is 0 Å². The lowest BCUT2D eigenvalue weighted by molar-refractivity contribution is 0.0955. The third-order valence-electron chi connectivity index (χ3n) is 3.70. The van der Waals surface area contributed by atoms with E-state index in [9.17, 15) is 9.90 Å². The summed E-state index contributed by atoms with van der Waals surface area (Å²) >= 11 is 0. The number of carbonyl (C=O) groups is 1. The molecule has 6 heteroatoms. The first-order chi connectivity index (χ1) is 12.7. The minimum Gasteiger partial charge on any atom is -0.504 e. The molecule has 1 aromatic heterocycles. The summed E-state index contributed by atoms with van der Waals surface area (Å²) in [5.74, 6) is 0.142. The van der Waals surface area contributed by atoms with Crippen molar-refractivity contribution >= 4 is 12.1 Å². The molecule has 26 heavy (non-hydrogen) atoms. The molecule has 0 fully saturated rings. The molecule has 0 aliphatic carbocycles. The number of nitrogens with zero attached hydrogens (tertiary/aromatic N) is 2. The second-order valence-electron chi connectivity index (χ2n) is 5.50. The maximum atomic E-state index is 12.2. The van der Waals surface area contributed by atoms with Gasteiger partial charge in [0.25, 0.3) is 5.91 Å². The fourth-order valence-corrected chi connectivity index (χ4v) is 2.40. The van der Waals surface area contributed by atoms with Gasteiger partial charge in [0.15, 0.2) is 11.5 Å². The van der Waals surface area contributed by atoms with Crippen LogP contribution in [-0.4, -0.2) is 28.4 Å². The summed E-state index contributed by atoms with van der Waals surface area (Å²) in [6, 6.07) is 16.0.